The molecule has 2 N–H and O–H groups in total. The van der Waals surface area contributed by atoms with Gasteiger partial charge in [0.2, 0.25) is 0 Å². The third-order valence-electron chi connectivity index (χ3n) is 2.56. The average Bonchev–Trinajstić information content (AvgIpc) is 2.42. The Morgan fingerprint density at radius 1 is 1.18 bits per heavy atom. The fraction of sp³-hybridized carbons (Fsp3) is 0.231. The molecule has 1 aromatic carbocycles. The zero-order valence-corrected chi connectivity index (χ0v) is 9.45. The van der Waals surface area contributed by atoms with Crippen molar-refractivity contribution in [3.05, 3.63) is 60.2 Å². The fourth-order valence-electron chi connectivity index (χ4n) is 1.62. The summed E-state index contributed by atoms with van der Waals surface area (Å²) in [6, 6.07) is 11.7. The quantitative estimate of drug-likeness (QED) is 0.811. The standard InChI is InChI=1S/C13H15N3O/c17-9-13(11-4-2-1-3-5-11)15-8-12-6-7-14-10-16-12/h1-7,10,13,15,17H,8-9H2/t13-/m0/s1. The van der Waals surface area contributed by atoms with Crippen molar-refractivity contribution in [1.82, 2.24) is 15.3 Å². The number of nitrogens with one attached hydrogen (secondary N) is 1. The van der Waals surface area contributed by atoms with Crippen LogP contribution in [0, 0.1) is 0 Å². The SMILES string of the molecule is OC[C@H](NCc1ccncn1)c1ccccc1. The van der Waals surface area contributed by atoms with Crippen molar-refractivity contribution in [3.63, 3.8) is 0 Å². The smallest absolute Gasteiger partial charge is 0.115 e. The van der Waals surface area contributed by atoms with Gasteiger partial charge in [0.15, 0.2) is 0 Å². The summed E-state index contributed by atoms with van der Waals surface area (Å²) in [6.45, 7) is 0.678. The first kappa shape index (κ1) is 11.7. The normalized spacial score (nSPS) is 12.3. The molecular formula is C13H15N3O. The van der Waals surface area contributed by atoms with Gasteiger partial charge in [0.1, 0.15) is 6.33 Å². The predicted octanol–water partition coefficient (Wildman–Crippen LogP) is 1.30. The van der Waals surface area contributed by atoms with Gasteiger partial charge in [-0.3, -0.25) is 0 Å². The van der Waals surface area contributed by atoms with E-state index in [0.29, 0.717) is 6.54 Å². The minimum absolute atomic E-state index is 0.0637. The molecule has 0 aliphatic carbocycles. The minimum atomic E-state index is -0.0637. The number of aromatic nitrogens is 2. The monoisotopic (exact) mass is 229 g/mol. The highest BCUT2D eigenvalue weighted by molar-refractivity contribution is 5.19. The molecule has 4 nitrogen and oxygen atoms in total. The summed E-state index contributed by atoms with van der Waals surface area (Å²) in [7, 11) is 0. The van der Waals surface area contributed by atoms with Crippen molar-refractivity contribution in [2.75, 3.05) is 6.61 Å². The molecule has 0 spiro atoms. The van der Waals surface area contributed by atoms with E-state index < -0.39 is 0 Å². The van der Waals surface area contributed by atoms with Crippen LogP contribution in [0.1, 0.15) is 17.3 Å². The van der Waals surface area contributed by atoms with E-state index in [1.54, 1.807) is 6.20 Å². The Morgan fingerprint density at radius 3 is 2.65 bits per heavy atom. The second-order valence-corrected chi connectivity index (χ2v) is 3.73. The summed E-state index contributed by atoms with van der Waals surface area (Å²) in [6.07, 6.45) is 3.23. The maximum atomic E-state index is 9.36. The summed E-state index contributed by atoms with van der Waals surface area (Å²) in [5, 5.41) is 12.6. The lowest BCUT2D eigenvalue weighted by atomic mass is 10.1. The lowest BCUT2D eigenvalue weighted by Crippen LogP contribution is -2.24. The van der Waals surface area contributed by atoms with E-state index in [-0.39, 0.29) is 12.6 Å². The second kappa shape index (κ2) is 6.08. The number of aliphatic hydroxyl groups is 1. The maximum Gasteiger partial charge on any atom is 0.115 e. The van der Waals surface area contributed by atoms with Crippen molar-refractivity contribution in [2.45, 2.75) is 12.6 Å². The van der Waals surface area contributed by atoms with Crippen LogP contribution in [0.2, 0.25) is 0 Å². The van der Waals surface area contributed by atoms with E-state index in [2.05, 4.69) is 15.3 Å². The first-order valence-corrected chi connectivity index (χ1v) is 5.54. The highest BCUT2D eigenvalue weighted by atomic mass is 16.3. The highest BCUT2D eigenvalue weighted by Gasteiger charge is 2.08. The zero-order chi connectivity index (χ0) is 11.9. The third kappa shape index (κ3) is 3.34. The van der Waals surface area contributed by atoms with Gasteiger partial charge in [-0.2, -0.15) is 0 Å². The Bertz CT molecular complexity index is 433. The molecule has 17 heavy (non-hydrogen) atoms. The molecule has 2 aromatic rings. The molecule has 0 amide bonds. The summed E-state index contributed by atoms with van der Waals surface area (Å²) in [5.74, 6) is 0. The van der Waals surface area contributed by atoms with Crippen LogP contribution in [-0.2, 0) is 6.54 Å². The first-order chi connectivity index (χ1) is 8.40. The summed E-state index contributed by atoms with van der Waals surface area (Å²) >= 11 is 0. The van der Waals surface area contributed by atoms with Crippen molar-refractivity contribution in [2.24, 2.45) is 0 Å². The summed E-state index contributed by atoms with van der Waals surface area (Å²) < 4.78 is 0. The number of nitrogens with zero attached hydrogens (tertiary/aromatic N) is 2. The third-order valence-corrected chi connectivity index (χ3v) is 2.56. The Morgan fingerprint density at radius 2 is 2.00 bits per heavy atom. The number of rotatable bonds is 5. The average molecular weight is 229 g/mol. The molecule has 0 saturated heterocycles. The molecule has 1 aromatic heterocycles. The van der Waals surface area contributed by atoms with Gasteiger partial charge in [-0.25, -0.2) is 9.97 Å². The van der Waals surface area contributed by atoms with Gasteiger partial charge in [-0.05, 0) is 11.6 Å². The maximum absolute atomic E-state index is 9.36. The van der Waals surface area contributed by atoms with Crippen LogP contribution in [0.25, 0.3) is 0 Å². The van der Waals surface area contributed by atoms with Crippen LogP contribution in [-0.4, -0.2) is 21.7 Å². The molecule has 0 aliphatic heterocycles. The summed E-state index contributed by atoms with van der Waals surface area (Å²) in [4.78, 5) is 7.99. The van der Waals surface area contributed by atoms with Gasteiger partial charge in [0.05, 0.1) is 18.3 Å². The van der Waals surface area contributed by atoms with Crippen molar-refractivity contribution in [3.8, 4) is 0 Å². The van der Waals surface area contributed by atoms with E-state index in [1.165, 1.54) is 6.33 Å². The number of aliphatic hydroxyl groups excluding tert-OH is 1. The van der Waals surface area contributed by atoms with Crippen molar-refractivity contribution < 1.29 is 5.11 Å². The van der Waals surface area contributed by atoms with E-state index in [9.17, 15) is 5.11 Å². The van der Waals surface area contributed by atoms with E-state index >= 15 is 0 Å². The molecule has 0 saturated carbocycles. The molecule has 0 radical (unpaired) electrons. The molecule has 1 heterocycles. The molecule has 2 rings (SSSR count). The minimum Gasteiger partial charge on any atom is -0.394 e. The summed E-state index contributed by atoms with van der Waals surface area (Å²) in [5.41, 5.74) is 1.98. The molecular weight excluding hydrogens is 214 g/mol. The predicted molar refractivity (Wildman–Crippen MR) is 65.1 cm³/mol. The molecule has 0 fully saturated rings. The second-order valence-electron chi connectivity index (χ2n) is 3.73. The van der Waals surface area contributed by atoms with Crippen LogP contribution in [0.4, 0.5) is 0 Å². The molecule has 1 atom stereocenters. The van der Waals surface area contributed by atoms with Crippen molar-refractivity contribution >= 4 is 0 Å². The van der Waals surface area contributed by atoms with Crippen LogP contribution < -0.4 is 5.32 Å². The van der Waals surface area contributed by atoms with Gasteiger partial charge in [0, 0.05) is 12.7 Å². The van der Waals surface area contributed by atoms with Gasteiger partial charge in [-0.15, -0.1) is 0 Å². The van der Waals surface area contributed by atoms with E-state index in [1.807, 2.05) is 36.4 Å². The molecule has 88 valence electrons. The number of hydrogen-bond donors (Lipinski definition) is 2. The van der Waals surface area contributed by atoms with Gasteiger partial charge in [0.25, 0.3) is 0 Å². The van der Waals surface area contributed by atoms with Gasteiger partial charge in [-0.1, -0.05) is 30.3 Å². The van der Waals surface area contributed by atoms with Crippen LogP contribution in [0.15, 0.2) is 48.9 Å². The lowest BCUT2D eigenvalue weighted by Gasteiger charge is -2.16. The number of hydrogen-bond acceptors (Lipinski definition) is 4. The Balaban J connectivity index is 1.97. The Labute approximate surface area is 100 Å². The van der Waals surface area contributed by atoms with Gasteiger partial charge < -0.3 is 10.4 Å². The first-order valence-electron chi connectivity index (χ1n) is 5.54. The van der Waals surface area contributed by atoms with Crippen LogP contribution >= 0.6 is 0 Å². The van der Waals surface area contributed by atoms with Crippen molar-refractivity contribution in [1.29, 1.82) is 0 Å². The lowest BCUT2D eigenvalue weighted by molar-refractivity contribution is 0.243. The van der Waals surface area contributed by atoms with E-state index in [0.717, 1.165) is 11.3 Å². The van der Waals surface area contributed by atoms with E-state index in [4.69, 9.17) is 0 Å². The van der Waals surface area contributed by atoms with Crippen LogP contribution in [0.5, 0.6) is 0 Å². The fourth-order valence-corrected chi connectivity index (χ4v) is 1.62. The number of benzene rings is 1. The largest absolute Gasteiger partial charge is 0.394 e. The topological polar surface area (TPSA) is 58.0 Å². The Hall–Kier alpha value is -1.78. The molecule has 0 bridgehead atoms. The highest BCUT2D eigenvalue weighted by Crippen LogP contribution is 2.11. The Kier molecular flexibility index (Phi) is 4.18. The zero-order valence-electron chi connectivity index (χ0n) is 9.45. The molecule has 0 unspecified atom stereocenters. The molecule has 0 aliphatic rings. The van der Waals surface area contributed by atoms with Gasteiger partial charge >= 0.3 is 0 Å². The molecule has 4 heteroatoms. The van der Waals surface area contributed by atoms with Crippen LogP contribution in [0.3, 0.4) is 0 Å².